The van der Waals surface area contributed by atoms with E-state index in [0.29, 0.717) is 19.3 Å². The zero-order valence-electron chi connectivity index (χ0n) is 31.7. The summed E-state index contributed by atoms with van der Waals surface area (Å²) in [6.45, 7) is 3.93. The quantitative estimate of drug-likeness (QED) is 0.0232. The van der Waals surface area contributed by atoms with Crippen LogP contribution in [0.2, 0.25) is 0 Å². The van der Waals surface area contributed by atoms with Crippen LogP contribution in [0.15, 0.2) is 48.6 Å². The third-order valence-corrected chi connectivity index (χ3v) is 8.60. The van der Waals surface area contributed by atoms with Crippen LogP contribution in [0.1, 0.15) is 187 Å². The first-order valence-corrected chi connectivity index (χ1v) is 20.1. The topological polar surface area (TPSA) is 89.9 Å². The summed E-state index contributed by atoms with van der Waals surface area (Å²) in [7, 11) is 0. The number of rotatable bonds is 36. The normalized spacial score (nSPS) is 12.6. The van der Waals surface area contributed by atoms with E-state index in [1.165, 1.54) is 89.9 Å². The summed E-state index contributed by atoms with van der Waals surface area (Å²) < 4.78 is 10.5. The fourth-order valence-corrected chi connectivity index (χ4v) is 5.50. The van der Waals surface area contributed by atoms with Crippen LogP contribution >= 0.6 is 0 Å². The molecule has 0 aliphatic heterocycles. The molecule has 0 saturated heterocycles. The molecule has 0 aromatic rings. The molecule has 0 radical (unpaired) electrons. The van der Waals surface area contributed by atoms with Crippen molar-refractivity contribution in [1.82, 2.24) is 0 Å². The molecule has 0 unspecified atom stereocenters. The van der Waals surface area contributed by atoms with Crippen molar-refractivity contribution in [3.05, 3.63) is 48.6 Å². The number of carbonyl (C=O) groups excluding carboxylic acids is 3. The van der Waals surface area contributed by atoms with E-state index >= 15 is 0 Å². The van der Waals surface area contributed by atoms with Crippen molar-refractivity contribution in [2.24, 2.45) is 0 Å². The molecule has 0 aliphatic carbocycles. The van der Waals surface area contributed by atoms with Crippen LogP contribution in [0.5, 0.6) is 0 Å². The van der Waals surface area contributed by atoms with Gasteiger partial charge in [-0.3, -0.25) is 14.4 Å². The van der Waals surface area contributed by atoms with Gasteiger partial charge in [0.15, 0.2) is 11.9 Å². The average molecular weight is 687 g/mol. The maximum atomic E-state index is 12.2. The molecule has 0 aromatic carbocycles. The minimum absolute atomic E-state index is 0.111. The summed E-state index contributed by atoms with van der Waals surface area (Å²) in [6, 6.07) is 0. The fourth-order valence-electron chi connectivity index (χ4n) is 5.50. The van der Waals surface area contributed by atoms with Crippen LogP contribution in [0.25, 0.3) is 0 Å². The highest BCUT2D eigenvalue weighted by Crippen LogP contribution is 2.15. The molecule has 0 aliphatic rings. The maximum Gasteiger partial charge on any atom is 0.306 e. The van der Waals surface area contributed by atoms with Crippen molar-refractivity contribution < 1.29 is 29.0 Å². The first kappa shape index (κ1) is 46.5. The van der Waals surface area contributed by atoms with Gasteiger partial charge in [0.1, 0.15) is 6.61 Å². The third-order valence-electron chi connectivity index (χ3n) is 8.60. The lowest BCUT2D eigenvalue weighted by Gasteiger charge is -2.15. The number of carbonyl (C=O) groups is 3. The van der Waals surface area contributed by atoms with Crippen LogP contribution < -0.4 is 0 Å². The summed E-state index contributed by atoms with van der Waals surface area (Å²) in [4.78, 5) is 35.9. The molecule has 1 atom stereocenters. The van der Waals surface area contributed by atoms with E-state index in [1.54, 1.807) is 6.08 Å². The number of ether oxygens (including phenoxy) is 2. The largest absolute Gasteiger partial charge is 0.462 e. The third kappa shape index (κ3) is 36.6. The standard InChI is InChI=1S/C43H74O6/c1-3-5-7-8-9-10-11-12-13-14-15-16-19-23-26-29-33-37-43(47)49-41(38-44)39-48-42(46)36-32-28-25-22-20-17-18-21-24-27-31-35-40(45)34-30-6-4-2/h17-18,22,24-25,27,31,35,41,44H,3-16,19-21,23,26,28-30,32-34,36-39H2,1-2H3/b18-17-,25-22-,27-24-,35-31+/t41-/m0/s1. The van der Waals surface area contributed by atoms with Crippen LogP contribution in [-0.2, 0) is 23.9 Å². The molecular weight excluding hydrogens is 612 g/mol. The Hall–Kier alpha value is -2.47. The van der Waals surface area contributed by atoms with E-state index in [1.807, 2.05) is 18.2 Å². The van der Waals surface area contributed by atoms with E-state index < -0.39 is 6.10 Å². The second-order valence-corrected chi connectivity index (χ2v) is 13.4. The van der Waals surface area contributed by atoms with Crippen LogP contribution in [0, 0.1) is 0 Å². The molecule has 0 saturated carbocycles. The Morgan fingerprint density at radius 3 is 1.57 bits per heavy atom. The number of hydrogen-bond acceptors (Lipinski definition) is 6. The Bertz CT molecular complexity index is 887. The smallest absolute Gasteiger partial charge is 0.306 e. The predicted molar refractivity (Wildman–Crippen MR) is 205 cm³/mol. The molecule has 0 heterocycles. The zero-order valence-corrected chi connectivity index (χ0v) is 31.7. The molecular formula is C43H74O6. The molecule has 6 nitrogen and oxygen atoms in total. The molecule has 1 N–H and O–H groups in total. The Morgan fingerprint density at radius 2 is 1.00 bits per heavy atom. The summed E-state index contributed by atoms with van der Waals surface area (Å²) in [5.74, 6) is -0.500. The summed E-state index contributed by atoms with van der Waals surface area (Å²) in [5, 5.41) is 9.55. The first-order valence-electron chi connectivity index (χ1n) is 20.1. The Labute approximate surface area is 301 Å². The van der Waals surface area contributed by atoms with Gasteiger partial charge in [-0.05, 0) is 44.6 Å². The fraction of sp³-hybridized carbons (Fsp3) is 0.744. The predicted octanol–water partition coefficient (Wildman–Crippen LogP) is 11.8. The summed E-state index contributed by atoms with van der Waals surface area (Å²) in [6.07, 6.45) is 44.4. The summed E-state index contributed by atoms with van der Waals surface area (Å²) >= 11 is 0. The SMILES string of the molecule is CCCCCCCCCCCCCCCCCCCC(=O)O[C@@H](CO)COC(=O)CCC/C=C\C/C=C\C/C=C\C=C\C(=O)CCCCC. The molecule has 49 heavy (non-hydrogen) atoms. The number of unbranched alkanes of at least 4 members (excludes halogenated alkanes) is 19. The van der Waals surface area contributed by atoms with Crippen LogP contribution in [0.4, 0.5) is 0 Å². The van der Waals surface area contributed by atoms with Crippen molar-refractivity contribution in [3.8, 4) is 0 Å². The second kappa shape index (κ2) is 38.3. The number of aliphatic hydroxyl groups excluding tert-OH is 1. The van der Waals surface area contributed by atoms with E-state index in [4.69, 9.17) is 9.47 Å². The number of allylic oxidation sites excluding steroid dienone is 8. The average Bonchev–Trinajstić information content (AvgIpc) is 3.10. The monoisotopic (exact) mass is 687 g/mol. The number of hydrogen-bond donors (Lipinski definition) is 1. The van der Waals surface area contributed by atoms with Crippen LogP contribution in [-0.4, -0.2) is 42.1 Å². The molecule has 0 rings (SSSR count). The van der Waals surface area contributed by atoms with Gasteiger partial charge in [0.2, 0.25) is 0 Å². The van der Waals surface area contributed by atoms with Crippen molar-refractivity contribution in [2.75, 3.05) is 13.2 Å². The number of esters is 2. The van der Waals surface area contributed by atoms with Gasteiger partial charge in [0.25, 0.3) is 0 Å². The highest BCUT2D eigenvalue weighted by atomic mass is 16.6. The van der Waals surface area contributed by atoms with E-state index in [2.05, 4.69) is 38.2 Å². The van der Waals surface area contributed by atoms with Gasteiger partial charge >= 0.3 is 11.9 Å². The number of ketones is 1. The van der Waals surface area contributed by atoms with Gasteiger partial charge in [0.05, 0.1) is 6.61 Å². The lowest BCUT2D eigenvalue weighted by atomic mass is 10.0. The highest BCUT2D eigenvalue weighted by Gasteiger charge is 2.16. The van der Waals surface area contributed by atoms with Gasteiger partial charge in [-0.15, -0.1) is 0 Å². The Kier molecular flexibility index (Phi) is 36.4. The van der Waals surface area contributed by atoms with Crippen molar-refractivity contribution in [1.29, 1.82) is 0 Å². The van der Waals surface area contributed by atoms with E-state index in [9.17, 15) is 19.5 Å². The lowest BCUT2D eigenvalue weighted by molar-refractivity contribution is -0.161. The zero-order chi connectivity index (χ0) is 35.9. The molecule has 0 spiro atoms. The minimum Gasteiger partial charge on any atom is -0.462 e. The number of aliphatic hydroxyl groups is 1. The highest BCUT2D eigenvalue weighted by molar-refractivity contribution is 5.89. The van der Waals surface area contributed by atoms with Crippen molar-refractivity contribution >= 4 is 17.7 Å². The Morgan fingerprint density at radius 1 is 0.531 bits per heavy atom. The lowest BCUT2D eigenvalue weighted by Crippen LogP contribution is -2.28. The Balaban J connectivity index is 3.68. The van der Waals surface area contributed by atoms with Crippen molar-refractivity contribution in [3.63, 3.8) is 0 Å². The molecule has 6 heteroatoms. The molecule has 0 amide bonds. The minimum atomic E-state index is -0.808. The van der Waals surface area contributed by atoms with Gasteiger partial charge in [-0.1, -0.05) is 172 Å². The van der Waals surface area contributed by atoms with Crippen molar-refractivity contribution in [2.45, 2.75) is 193 Å². The van der Waals surface area contributed by atoms with E-state index in [-0.39, 0.29) is 37.4 Å². The maximum absolute atomic E-state index is 12.2. The summed E-state index contributed by atoms with van der Waals surface area (Å²) in [5.41, 5.74) is 0. The van der Waals surface area contributed by atoms with Gasteiger partial charge in [-0.2, -0.15) is 0 Å². The van der Waals surface area contributed by atoms with E-state index in [0.717, 1.165) is 57.8 Å². The molecule has 0 aromatic heterocycles. The van der Waals surface area contributed by atoms with Gasteiger partial charge in [0, 0.05) is 19.3 Å². The van der Waals surface area contributed by atoms with Gasteiger partial charge in [-0.25, -0.2) is 0 Å². The first-order chi connectivity index (χ1) is 24.0. The van der Waals surface area contributed by atoms with Crippen LogP contribution in [0.3, 0.4) is 0 Å². The second-order valence-electron chi connectivity index (χ2n) is 13.4. The molecule has 0 fully saturated rings. The van der Waals surface area contributed by atoms with Gasteiger partial charge < -0.3 is 14.6 Å². The molecule has 0 bridgehead atoms. The molecule has 282 valence electrons.